The smallest absolute Gasteiger partial charge is 0.263 e. The molecule has 10 heteroatoms. The van der Waals surface area contributed by atoms with Crippen molar-refractivity contribution in [3.8, 4) is 0 Å². The maximum atomic E-state index is 13.1. The molecular formula is C20H17Cl2N5O3. The van der Waals surface area contributed by atoms with E-state index in [1.54, 1.807) is 12.1 Å². The lowest BCUT2D eigenvalue weighted by Crippen LogP contribution is -2.43. The highest BCUT2D eigenvalue weighted by atomic mass is 35.5. The summed E-state index contributed by atoms with van der Waals surface area (Å²) in [5, 5.41) is 12.4. The number of amides is 3. The number of nitrogens with one attached hydrogen (secondary N) is 1. The van der Waals surface area contributed by atoms with E-state index in [9.17, 15) is 14.4 Å². The van der Waals surface area contributed by atoms with Gasteiger partial charge in [0.2, 0.25) is 5.91 Å². The zero-order valence-corrected chi connectivity index (χ0v) is 17.6. The summed E-state index contributed by atoms with van der Waals surface area (Å²) in [6, 6.07) is 8.30. The molecule has 3 amide bonds. The first-order chi connectivity index (χ1) is 14.3. The Morgan fingerprint density at radius 3 is 2.43 bits per heavy atom. The number of halogens is 2. The van der Waals surface area contributed by atoms with Crippen LogP contribution in [0.1, 0.15) is 11.1 Å². The zero-order chi connectivity index (χ0) is 21.6. The fourth-order valence-electron chi connectivity index (χ4n) is 3.65. The van der Waals surface area contributed by atoms with Crippen LogP contribution in [0.25, 0.3) is 0 Å². The average molecular weight is 446 g/mol. The van der Waals surface area contributed by atoms with Gasteiger partial charge < -0.3 is 5.32 Å². The number of fused-ring (bicyclic) bond motifs is 1. The molecule has 0 aliphatic carbocycles. The minimum Gasteiger partial charge on any atom is -0.324 e. The summed E-state index contributed by atoms with van der Waals surface area (Å²) < 4.78 is 0. The Morgan fingerprint density at radius 1 is 1.07 bits per heavy atom. The first-order valence-corrected chi connectivity index (χ1v) is 9.90. The van der Waals surface area contributed by atoms with Crippen LogP contribution in [-0.2, 0) is 14.4 Å². The number of hydrogen-bond donors (Lipinski definition) is 1. The van der Waals surface area contributed by atoms with Crippen molar-refractivity contribution in [2.45, 2.75) is 25.9 Å². The second kappa shape index (κ2) is 7.70. The van der Waals surface area contributed by atoms with Crippen molar-refractivity contribution in [2.24, 2.45) is 10.3 Å². The number of carbonyl (C=O) groups excluding carboxylic acids is 3. The summed E-state index contributed by atoms with van der Waals surface area (Å²) in [5.74, 6) is -1.33. The van der Waals surface area contributed by atoms with E-state index in [0.29, 0.717) is 21.4 Å². The van der Waals surface area contributed by atoms with Crippen molar-refractivity contribution in [3.63, 3.8) is 0 Å². The molecule has 30 heavy (non-hydrogen) atoms. The van der Waals surface area contributed by atoms with E-state index in [1.807, 2.05) is 32.0 Å². The number of anilines is 2. The molecule has 0 radical (unpaired) electrons. The van der Waals surface area contributed by atoms with Crippen molar-refractivity contribution in [1.82, 2.24) is 5.01 Å². The van der Waals surface area contributed by atoms with Crippen LogP contribution in [0.3, 0.4) is 0 Å². The lowest BCUT2D eigenvalue weighted by atomic mass is 10.1. The molecular weight excluding hydrogens is 429 g/mol. The molecule has 154 valence electrons. The Balaban J connectivity index is 1.52. The first kappa shape index (κ1) is 20.3. The molecule has 0 spiro atoms. The first-order valence-electron chi connectivity index (χ1n) is 9.14. The number of rotatable bonds is 4. The maximum absolute atomic E-state index is 13.1. The van der Waals surface area contributed by atoms with Gasteiger partial charge in [0, 0.05) is 5.69 Å². The van der Waals surface area contributed by atoms with E-state index < -0.39 is 29.8 Å². The lowest BCUT2D eigenvalue weighted by Gasteiger charge is -2.22. The highest BCUT2D eigenvalue weighted by Crippen LogP contribution is 2.35. The van der Waals surface area contributed by atoms with E-state index in [-0.39, 0.29) is 6.54 Å². The summed E-state index contributed by atoms with van der Waals surface area (Å²) in [7, 11) is 0. The van der Waals surface area contributed by atoms with Crippen LogP contribution in [0.5, 0.6) is 0 Å². The molecule has 2 aromatic rings. The van der Waals surface area contributed by atoms with E-state index in [2.05, 4.69) is 15.7 Å². The van der Waals surface area contributed by atoms with Crippen LogP contribution in [0.2, 0.25) is 10.0 Å². The van der Waals surface area contributed by atoms with E-state index in [1.165, 1.54) is 11.1 Å². The molecule has 0 aromatic heterocycles. The van der Waals surface area contributed by atoms with E-state index >= 15 is 0 Å². The number of nitrogens with zero attached hydrogens (tertiary/aromatic N) is 4. The molecule has 1 N–H and O–H groups in total. The minimum absolute atomic E-state index is 0.246. The summed E-state index contributed by atoms with van der Waals surface area (Å²) >= 11 is 11.8. The van der Waals surface area contributed by atoms with Gasteiger partial charge in [-0.1, -0.05) is 46.6 Å². The Labute approximate surface area is 182 Å². The Hall–Kier alpha value is -2.97. The number of aryl methyl sites for hydroxylation is 2. The molecule has 4 rings (SSSR count). The van der Waals surface area contributed by atoms with Gasteiger partial charge in [-0.25, -0.2) is 4.90 Å². The van der Waals surface area contributed by atoms with Gasteiger partial charge in [-0.2, -0.15) is 5.11 Å². The second-order valence-electron chi connectivity index (χ2n) is 7.12. The predicted octanol–water partition coefficient (Wildman–Crippen LogP) is 3.54. The van der Waals surface area contributed by atoms with Crippen molar-refractivity contribution in [1.29, 1.82) is 0 Å². The third kappa shape index (κ3) is 3.42. The van der Waals surface area contributed by atoms with Gasteiger partial charge in [0.05, 0.1) is 15.7 Å². The summed E-state index contributed by atoms with van der Waals surface area (Å²) in [4.78, 5) is 39.6. The van der Waals surface area contributed by atoms with Gasteiger partial charge in [0.25, 0.3) is 11.8 Å². The molecule has 2 atom stereocenters. The molecule has 2 aliphatic heterocycles. The Bertz CT molecular complexity index is 1080. The SMILES string of the molecule is Cc1cccc(C)c1N1C(=O)[C@@H]2[C@@H](N=NN2CC(=O)Nc2ccc(Cl)c(Cl)c2)C1=O. The van der Waals surface area contributed by atoms with Gasteiger partial charge in [0.1, 0.15) is 6.54 Å². The molecule has 0 saturated carbocycles. The van der Waals surface area contributed by atoms with Gasteiger partial charge in [-0.05, 0) is 43.2 Å². The van der Waals surface area contributed by atoms with Crippen LogP contribution in [-0.4, -0.2) is 41.4 Å². The standard InChI is InChI=1S/C20H17Cl2N5O3/c1-10-4-3-5-11(2)17(10)27-19(29)16-18(20(27)30)26(25-24-16)9-15(28)23-12-6-7-13(21)14(22)8-12/h3-8,16,18H,9H2,1-2H3,(H,23,28)/t16-,18+/m1/s1. The summed E-state index contributed by atoms with van der Waals surface area (Å²) in [6.45, 7) is 3.42. The number of para-hydroxylation sites is 1. The van der Waals surface area contributed by atoms with Crippen LogP contribution in [0, 0.1) is 13.8 Å². The number of carbonyl (C=O) groups is 3. The van der Waals surface area contributed by atoms with E-state index in [0.717, 1.165) is 16.0 Å². The van der Waals surface area contributed by atoms with Crippen molar-refractivity contribution in [3.05, 3.63) is 57.6 Å². The quantitative estimate of drug-likeness (QED) is 0.727. The van der Waals surface area contributed by atoms with Gasteiger partial charge in [0.15, 0.2) is 12.1 Å². The molecule has 2 aromatic carbocycles. The zero-order valence-electron chi connectivity index (χ0n) is 16.1. The van der Waals surface area contributed by atoms with Crippen LogP contribution in [0.4, 0.5) is 11.4 Å². The molecule has 2 aliphatic rings. The third-order valence-corrected chi connectivity index (χ3v) is 5.77. The molecule has 2 heterocycles. The van der Waals surface area contributed by atoms with Crippen LogP contribution < -0.4 is 10.2 Å². The average Bonchev–Trinajstić information content (AvgIpc) is 3.20. The molecule has 1 fully saturated rings. The molecule has 0 unspecified atom stereocenters. The monoisotopic (exact) mass is 445 g/mol. The highest BCUT2D eigenvalue weighted by Gasteiger charge is 2.55. The van der Waals surface area contributed by atoms with Gasteiger partial charge >= 0.3 is 0 Å². The largest absolute Gasteiger partial charge is 0.324 e. The fraction of sp³-hybridized carbons (Fsp3) is 0.250. The van der Waals surface area contributed by atoms with Gasteiger partial charge in [-0.3, -0.25) is 19.4 Å². The number of imide groups is 1. The van der Waals surface area contributed by atoms with Crippen LogP contribution >= 0.6 is 23.2 Å². The van der Waals surface area contributed by atoms with Crippen molar-refractivity contribution >= 4 is 52.3 Å². The van der Waals surface area contributed by atoms with Crippen molar-refractivity contribution < 1.29 is 14.4 Å². The highest BCUT2D eigenvalue weighted by molar-refractivity contribution is 6.42. The Kier molecular flexibility index (Phi) is 5.21. The topological polar surface area (TPSA) is 94.4 Å². The third-order valence-electron chi connectivity index (χ3n) is 5.03. The summed E-state index contributed by atoms with van der Waals surface area (Å²) in [5.41, 5.74) is 2.61. The molecule has 1 saturated heterocycles. The summed E-state index contributed by atoms with van der Waals surface area (Å²) in [6.07, 6.45) is 0. The molecule has 0 bridgehead atoms. The van der Waals surface area contributed by atoms with Gasteiger partial charge in [-0.15, -0.1) is 0 Å². The molecule has 8 nitrogen and oxygen atoms in total. The van der Waals surface area contributed by atoms with E-state index in [4.69, 9.17) is 23.2 Å². The Morgan fingerprint density at radius 2 is 1.77 bits per heavy atom. The van der Waals surface area contributed by atoms with Crippen LogP contribution in [0.15, 0.2) is 46.7 Å². The lowest BCUT2D eigenvalue weighted by molar-refractivity contribution is -0.123. The second-order valence-corrected chi connectivity index (χ2v) is 7.94. The number of benzene rings is 2. The fourth-order valence-corrected chi connectivity index (χ4v) is 3.95. The predicted molar refractivity (Wildman–Crippen MR) is 113 cm³/mol. The maximum Gasteiger partial charge on any atom is 0.263 e. The number of hydrogen-bond acceptors (Lipinski definition) is 6. The normalized spacial score (nSPS) is 20.1. The minimum atomic E-state index is -0.964. The van der Waals surface area contributed by atoms with Crippen molar-refractivity contribution in [2.75, 3.05) is 16.8 Å².